The van der Waals surface area contributed by atoms with Crippen LogP contribution in [-0.4, -0.2) is 24.9 Å². The Morgan fingerprint density at radius 1 is 0.882 bits per heavy atom. The molecule has 0 saturated heterocycles. The van der Waals surface area contributed by atoms with Crippen molar-refractivity contribution in [3.8, 4) is 0 Å². The molecule has 0 saturated carbocycles. The van der Waals surface area contributed by atoms with E-state index in [2.05, 4.69) is 6.92 Å². The predicted molar refractivity (Wildman–Crippen MR) is 74.3 cm³/mol. The van der Waals surface area contributed by atoms with Crippen LogP contribution in [0.25, 0.3) is 0 Å². The van der Waals surface area contributed by atoms with Crippen molar-refractivity contribution in [3.05, 3.63) is 0 Å². The van der Waals surface area contributed by atoms with Gasteiger partial charge in [-0.15, -0.1) is 0 Å². The molecule has 0 amide bonds. The molecular formula is C15H32O2. The lowest BCUT2D eigenvalue weighted by molar-refractivity contribution is 0.0265. The van der Waals surface area contributed by atoms with Crippen LogP contribution >= 0.6 is 0 Å². The van der Waals surface area contributed by atoms with Gasteiger partial charge >= 0.3 is 0 Å². The third-order valence-corrected chi connectivity index (χ3v) is 3.06. The number of ether oxygens (including phenoxy) is 1. The van der Waals surface area contributed by atoms with Gasteiger partial charge in [-0.3, -0.25) is 0 Å². The molecule has 0 aliphatic heterocycles. The number of hydrogen-bond acceptors (Lipinski definition) is 2. The summed E-state index contributed by atoms with van der Waals surface area (Å²) in [5.74, 6) is 0. The third kappa shape index (κ3) is 12.2. The smallest absolute Gasteiger partial charge is 0.0539 e. The molecule has 1 N–H and O–H groups in total. The minimum Gasteiger partial charge on any atom is -0.396 e. The Labute approximate surface area is 108 Å². The molecule has 0 rings (SSSR count). The van der Waals surface area contributed by atoms with Crippen molar-refractivity contribution >= 4 is 0 Å². The first-order valence-corrected chi connectivity index (χ1v) is 7.31. The summed E-state index contributed by atoms with van der Waals surface area (Å²) in [6.07, 6.45) is 10.7. The van der Waals surface area contributed by atoms with E-state index in [1.165, 1.54) is 44.9 Å². The number of hydrogen-bond donors (Lipinski definition) is 1. The molecule has 0 unspecified atom stereocenters. The summed E-state index contributed by atoms with van der Waals surface area (Å²) >= 11 is 0. The highest BCUT2D eigenvalue weighted by Gasteiger charge is 2.15. The van der Waals surface area contributed by atoms with Gasteiger partial charge in [0.1, 0.15) is 0 Å². The first kappa shape index (κ1) is 16.9. The standard InChI is InChI=1S/C15H32O2/c1-4-5-6-7-8-9-10-11-12-17-14-15(2,3)13-16/h16H,4-14H2,1-3H3. The molecular weight excluding hydrogens is 212 g/mol. The van der Waals surface area contributed by atoms with E-state index in [-0.39, 0.29) is 12.0 Å². The maximum atomic E-state index is 9.06. The summed E-state index contributed by atoms with van der Waals surface area (Å²) in [6.45, 7) is 8.02. The van der Waals surface area contributed by atoms with Gasteiger partial charge in [0.05, 0.1) is 13.2 Å². The lowest BCUT2D eigenvalue weighted by Gasteiger charge is -2.21. The van der Waals surface area contributed by atoms with Gasteiger partial charge in [0, 0.05) is 12.0 Å². The second-order valence-electron chi connectivity index (χ2n) is 5.85. The summed E-state index contributed by atoms with van der Waals surface area (Å²) in [7, 11) is 0. The monoisotopic (exact) mass is 244 g/mol. The van der Waals surface area contributed by atoms with Crippen molar-refractivity contribution in [1.29, 1.82) is 0 Å². The van der Waals surface area contributed by atoms with E-state index in [1.54, 1.807) is 0 Å². The van der Waals surface area contributed by atoms with E-state index in [0.29, 0.717) is 6.61 Å². The molecule has 104 valence electrons. The molecule has 0 atom stereocenters. The van der Waals surface area contributed by atoms with Crippen LogP contribution in [0.4, 0.5) is 0 Å². The van der Waals surface area contributed by atoms with Crippen LogP contribution in [0.15, 0.2) is 0 Å². The fraction of sp³-hybridized carbons (Fsp3) is 1.00. The van der Waals surface area contributed by atoms with Crippen molar-refractivity contribution in [3.63, 3.8) is 0 Å². The Bertz CT molecular complexity index is 155. The van der Waals surface area contributed by atoms with Crippen LogP contribution in [0.1, 0.15) is 72.1 Å². The Balaban J connectivity index is 3.09. The first-order valence-electron chi connectivity index (χ1n) is 7.31. The van der Waals surface area contributed by atoms with Crippen LogP contribution in [0.2, 0.25) is 0 Å². The SMILES string of the molecule is CCCCCCCCCCOCC(C)(C)CO. The van der Waals surface area contributed by atoms with Crippen molar-refractivity contribution in [1.82, 2.24) is 0 Å². The number of aliphatic hydroxyl groups is 1. The normalized spacial score (nSPS) is 12.0. The van der Waals surface area contributed by atoms with Gasteiger partial charge in [-0.2, -0.15) is 0 Å². The maximum absolute atomic E-state index is 9.06. The highest BCUT2D eigenvalue weighted by molar-refractivity contribution is 4.65. The molecule has 0 aliphatic rings. The van der Waals surface area contributed by atoms with Crippen molar-refractivity contribution in [2.45, 2.75) is 72.1 Å². The van der Waals surface area contributed by atoms with Crippen molar-refractivity contribution < 1.29 is 9.84 Å². The van der Waals surface area contributed by atoms with Gasteiger partial charge in [0.2, 0.25) is 0 Å². The second-order valence-corrected chi connectivity index (χ2v) is 5.85. The van der Waals surface area contributed by atoms with E-state index >= 15 is 0 Å². The van der Waals surface area contributed by atoms with Gasteiger partial charge in [-0.1, -0.05) is 65.7 Å². The first-order chi connectivity index (χ1) is 8.12. The average molecular weight is 244 g/mol. The molecule has 0 heterocycles. The van der Waals surface area contributed by atoms with E-state index in [9.17, 15) is 0 Å². The van der Waals surface area contributed by atoms with Crippen molar-refractivity contribution in [2.24, 2.45) is 5.41 Å². The number of unbranched alkanes of at least 4 members (excludes halogenated alkanes) is 7. The molecule has 0 spiro atoms. The maximum Gasteiger partial charge on any atom is 0.0539 e. The molecule has 0 aromatic carbocycles. The van der Waals surface area contributed by atoms with Gasteiger partial charge < -0.3 is 9.84 Å². The Morgan fingerprint density at radius 2 is 1.41 bits per heavy atom. The van der Waals surface area contributed by atoms with Crippen LogP contribution in [0, 0.1) is 5.41 Å². The molecule has 0 radical (unpaired) electrons. The summed E-state index contributed by atoms with van der Waals surface area (Å²) in [4.78, 5) is 0. The lowest BCUT2D eigenvalue weighted by Crippen LogP contribution is -2.23. The van der Waals surface area contributed by atoms with Crippen LogP contribution in [-0.2, 0) is 4.74 Å². The van der Waals surface area contributed by atoms with Gasteiger partial charge in [-0.25, -0.2) is 0 Å². The molecule has 0 aromatic heterocycles. The lowest BCUT2D eigenvalue weighted by atomic mass is 9.97. The zero-order valence-electron chi connectivity index (χ0n) is 12.1. The molecule has 0 aromatic rings. The third-order valence-electron chi connectivity index (χ3n) is 3.06. The Morgan fingerprint density at radius 3 is 1.94 bits per heavy atom. The predicted octanol–water partition coefficient (Wildman–Crippen LogP) is 4.16. The zero-order valence-corrected chi connectivity index (χ0v) is 12.1. The van der Waals surface area contributed by atoms with Crippen LogP contribution in [0.5, 0.6) is 0 Å². The molecule has 0 fully saturated rings. The molecule has 17 heavy (non-hydrogen) atoms. The molecule has 2 heteroatoms. The Kier molecular flexibility index (Phi) is 11.0. The van der Waals surface area contributed by atoms with Crippen molar-refractivity contribution in [2.75, 3.05) is 19.8 Å². The quantitative estimate of drug-likeness (QED) is 0.522. The topological polar surface area (TPSA) is 29.5 Å². The highest BCUT2D eigenvalue weighted by atomic mass is 16.5. The van der Waals surface area contributed by atoms with E-state index < -0.39 is 0 Å². The summed E-state index contributed by atoms with van der Waals surface area (Å²) in [5, 5.41) is 9.06. The van der Waals surface area contributed by atoms with Gasteiger partial charge in [0.15, 0.2) is 0 Å². The largest absolute Gasteiger partial charge is 0.396 e. The highest BCUT2D eigenvalue weighted by Crippen LogP contribution is 2.14. The van der Waals surface area contributed by atoms with E-state index in [0.717, 1.165) is 13.0 Å². The zero-order chi connectivity index (χ0) is 13.0. The van der Waals surface area contributed by atoms with E-state index in [1.807, 2.05) is 13.8 Å². The fourth-order valence-electron chi connectivity index (χ4n) is 1.73. The van der Waals surface area contributed by atoms with Crippen LogP contribution < -0.4 is 0 Å². The molecule has 0 aliphatic carbocycles. The van der Waals surface area contributed by atoms with Crippen LogP contribution in [0.3, 0.4) is 0 Å². The van der Waals surface area contributed by atoms with Gasteiger partial charge in [-0.05, 0) is 6.42 Å². The molecule has 2 nitrogen and oxygen atoms in total. The fourth-order valence-corrected chi connectivity index (χ4v) is 1.73. The number of rotatable bonds is 12. The molecule has 0 bridgehead atoms. The summed E-state index contributed by atoms with van der Waals surface area (Å²) in [6, 6.07) is 0. The summed E-state index contributed by atoms with van der Waals surface area (Å²) in [5.41, 5.74) is -0.0832. The van der Waals surface area contributed by atoms with E-state index in [4.69, 9.17) is 9.84 Å². The second kappa shape index (κ2) is 11.0. The average Bonchev–Trinajstić information content (AvgIpc) is 2.31. The minimum atomic E-state index is -0.0832. The Hall–Kier alpha value is -0.0800. The van der Waals surface area contributed by atoms with Gasteiger partial charge in [0.25, 0.3) is 0 Å². The number of aliphatic hydroxyl groups excluding tert-OH is 1. The minimum absolute atomic E-state index is 0.0832. The summed E-state index contributed by atoms with van der Waals surface area (Å²) < 4.78 is 5.57.